The van der Waals surface area contributed by atoms with E-state index in [-0.39, 0.29) is 18.0 Å². The highest BCUT2D eigenvalue weighted by molar-refractivity contribution is 6.02. The summed E-state index contributed by atoms with van der Waals surface area (Å²) in [7, 11) is 0. The molecular formula is C31H40N4O3. The average molecular weight is 517 g/mol. The van der Waals surface area contributed by atoms with Crippen LogP contribution in [0.15, 0.2) is 72.8 Å². The zero-order valence-electron chi connectivity index (χ0n) is 22.4. The SMILES string of the molecule is CCCN(CCC)C(=O)c1cccc(C(N)=O)c1[C@H](Cc1ccccc1)[C@@H](O)CNCc1ccccc1N. The number of hydrogen-bond acceptors (Lipinski definition) is 5. The maximum absolute atomic E-state index is 13.8. The summed E-state index contributed by atoms with van der Waals surface area (Å²) in [5.41, 5.74) is 15.7. The Balaban J connectivity index is 2.02. The van der Waals surface area contributed by atoms with E-state index in [1.807, 2.05) is 73.3 Å². The lowest BCUT2D eigenvalue weighted by atomic mass is 9.81. The molecular weight excluding hydrogens is 476 g/mol. The second-order valence-corrected chi connectivity index (χ2v) is 9.62. The van der Waals surface area contributed by atoms with Crippen molar-refractivity contribution in [2.45, 2.75) is 51.7 Å². The third kappa shape index (κ3) is 7.43. The second-order valence-electron chi connectivity index (χ2n) is 9.62. The van der Waals surface area contributed by atoms with E-state index in [1.165, 1.54) is 0 Å². The van der Waals surface area contributed by atoms with Crippen LogP contribution in [0.25, 0.3) is 0 Å². The monoisotopic (exact) mass is 516 g/mol. The molecule has 2 amide bonds. The van der Waals surface area contributed by atoms with Crippen molar-refractivity contribution >= 4 is 17.5 Å². The number of carbonyl (C=O) groups excluding carboxylic acids is 2. The number of primary amides is 1. The van der Waals surface area contributed by atoms with Gasteiger partial charge < -0.3 is 26.8 Å². The number of hydrogen-bond donors (Lipinski definition) is 4. The molecule has 0 spiro atoms. The fraction of sp³-hybridized carbons (Fsp3) is 0.355. The molecule has 0 fully saturated rings. The van der Waals surface area contributed by atoms with Crippen molar-refractivity contribution < 1.29 is 14.7 Å². The minimum Gasteiger partial charge on any atom is -0.398 e. The highest BCUT2D eigenvalue weighted by Crippen LogP contribution is 2.32. The van der Waals surface area contributed by atoms with E-state index in [0.29, 0.717) is 42.9 Å². The minimum absolute atomic E-state index is 0.151. The number of nitrogens with one attached hydrogen (secondary N) is 1. The standard InChI is InChI=1S/C31H40N4O3/c1-3-17-35(18-4-2)31(38)25-15-10-14-24(30(33)37)29(25)26(19-22-11-6-5-7-12-22)28(36)21-34-20-23-13-8-9-16-27(23)32/h5-16,26,28,34,36H,3-4,17-21,32H2,1-2H3,(H2,33,37)/t26-,28+/m1/s1. The van der Waals surface area contributed by atoms with Crippen LogP contribution in [-0.2, 0) is 13.0 Å². The van der Waals surface area contributed by atoms with Crippen molar-refractivity contribution in [3.05, 3.63) is 101 Å². The maximum Gasteiger partial charge on any atom is 0.254 e. The van der Waals surface area contributed by atoms with E-state index in [0.717, 1.165) is 24.0 Å². The Bertz CT molecular complexity index is 1190. The van der Waals surface area contributed by atoms with Crippen LogP contribution in [0.5, 0.6) is 0 Å². The zero-order chi connectivity index (χ0) is 27.5. The number of nitrogens with zero attached hydrogens (tertiary/aromatic N) is 1. The normalized spacial score (nSPS) is 12.6. The Kier molecular flexibility index (Phi) is 10.9. The molecule has 7 heteroatoms. The summed E-state index contributed by atoms with van der Waals surface area (Å²) in [5, 5.41) is 14.9. The van der Waals surface area contributed by atoms with Crippen LogP contribution in [-0.4, -0.2) is 47.6 Å². The van der Waals surface area contributed by atoms with Crippen molar-refractivity contribution in [3.63, 3.8) is 0 Å². The minimum atomic E-state index is -0.905. The summed E-state index contributed by atoms with van der Waals surface area (Å²) in [4.78, 5) is 28.2. The molecule has 3 aromatic carbocycles. The Morgan fingerprint density at radius 2 is 1.53 bits per heavy atom. The van der Waals surface area contributed by atoms with E-state index >= 15 is 0 Å². The van der Waals surface area contributed by atoms with Crippen molar-refractivity contribution in [2.24, 2.45) is 5.73 Å². The summed E-state index contributed by atoms with van der Waals surface area (Å²) in [6.07, 6.45) is 1.17. The molecule has 7 nitrogen and oxygen atoms in total. The lowest BCUT2D eigenvalue weighted by Gasteiger charge is -2.30. The number of para-hydroxylation sites is 1. The first-order chi connectivity index (χ1) is 18.4. The zero-order valence-corrected chi connectivity index (χ0v) is 22.4. The van der Waals surface area contributed by atoms with Gasteiger partial charge in [-0.1, -0.05) is 68.4 Å². The number of aliphatic hydroxyl groups excluding tert-OH is 1. The molecule has 0 aliphatic rings. The van der Waals surface area contributed by atoms with Gasteiger partial charge in [-0.25, -0.2) is 0 Å². The highest BCUT2D eigenvalue weighted by Gasteiger charge is 2.31. The lowest BCUT2D eigenvalue weighted by Crippen LogP contribution is -2.37. The van der Waals surface area contributed by atoms with Gasteiger partial charge in [-0.3, -0.25) is 9.59 Å². The van der Waals surface area contributed by atoms with E-state index in [2.05, 4.69) is 5.32 Å². The van der Waals surface area contributed by atoms with Crippen molar-refractivity contribution in [1.82, 2.24) is 10.2 Å². The molecule has 0 aliphatic heterocycles. The van der Waals surface area contributed by atoms with Crippen LogP contribution in [0.2, 0.25) is 0 Å². The summed E-state index contributed by atoms with van der Waals surface area (Å²) in [6, 6.07) is 22.4. The number of carbonyl (C=O) groups is 2. The maximum atomic E-state index is 13.8. The van der Waals surface area contributed by atoms with Crippen LogP contribution in [0.3, 0.4) is 0 Å². The number of benzene rings is 3. The molecule has 0 radical (unpaired) electrons. The number of amides is 2. The molecule has 38 heavy (non-hydrogen) atoms. The first-order valence-electron chi connectivity index (χ1n) is 13.3. The smallest absolute Gasteiger partial charge is 0.254 e. The fourth-order valence-corrected chi connectivity index (χ4v) is 4.88. The molecule has 0 unspecified atom stereocenters. The molecule has 2 atom stereocenters. The third-order valence-electron chi connectivity index (χ3n) is 6.73. The summed E-state index contributed by atoms with van der Waals surface area (Å²) < 4.78 is 0. The predicted octanol–water partition coefficient (Wildman–Crippen LogP) is 4.11. The first kappa shape index (κ1) is 28.9. The van der Waals surface area contributed by atoms with E-state index in [4.69, 9.17) is 11.5 Å². The summed E-state index contributed by atoms with van der Waals surface area (Å²) >= 11 is 0. The van der Waals surface area contributed by atoms with Gasteiger partial charge in [0.2, 0.25) is 5.91 Å². The van der Waals surface area contributed by atoms with E-state index < -0.39 is 17.9 Å². The third-order valence-corrected chi connectivity index (χ3v) is 6.73. The van der Waals surface area contributed by atoms with Crippen molar-refractivity contribution in [2.75, 3.05) is 25.4 Å². The van der Waals surface area contributed by atoms with Gasteiger partial charge in [0.05, 0.1) is 6.10 Å². The first-order valence-corrected chi connectivity index (χ1v) is 13.3. The molecule has 0 saturated heterocycles. The molecule has 0 aromatic heterocycles. The van der Waals surface area contributed by atoms with Gasteiger partial charge in [-0.2, -0.15) is 0 Å². The van der Waals surface area contributed by atoms with Crippen molar-refractivity contribution in [1.29, 1.82) is 0 Å². The van der Waals surface area contributed by atoms with E-state index in [9.17, 15) is 14.7 Å². The second kappa shape index (κ2) is 14.3. The number of anilines is 1. The van der Waals surface area contributed by atoms with Crippen LogP contribution >= 0.6 is 0 Å². The van der Waals surface area contributed by atoms with E-state index in [1.54, 1.807) is 18.2 Å². The van der Waals surface area contributed by atoms with Crippen LogP contribution in [0.4, 0.5) is 5.69 Å². The fourth-order valence-electron chi connectivity index (χ4n) is 4.88. The topological polar surface area (TPSA) is 122 Å². The number of nitrogen functional groups attached to an aromatic ring is 1. The molecule has 202 valence electrons. The molecule has 3 aromatic rings. The van der Waals surface area contributed by atoms with Gasteiger partial charge in [0.25, 0.3) is 5.91 Å². The van der Waals surface area contributed by atoms with Gasteiger partial charge in [0.15, 0.2) is 0 Å². The molecule has 3 rings (SSSR count). The van der Waals surface area contributed by atoms with Gasteiger partial charge >= 0.3 is 0 Å². The number of rotatable bonds is 14. The Hall–Kier alpha value is -3.68. The average Bonchev–Trinajstić information content (AvgIpc) is 2.92. The van der Waals surface area contributed by atoms with Crippen LogP contribution in [0, 0.1) is 0 Å². The number of aliphatic hydroxyl groups is 1. The van der Waals surface area contributed by atoms with Gasteiger partial charge in [-0.05, 0) is 54.2 Å². The summed E-state index contributed by atoms with van der Waals surface area (Å²) in [5.74, 6) is -1.32. The van der Waals surface area contributed by atoms with Crippen LogP contribution in [0.1, 0.15) is 70.0 Å². The molecule has 0 bridgehead atoms. The highest BCUT2D eigenvalue weighted by atomic mass is 16.3. The quantitative estimate of drug-likeness (QED) is 0.240. The largest absolute Gasteiger partial charge is 0.398 e. The van der Waals surface area contributed by atoms with Gasteiger partial charge in [0.1, 0.15) is 0 Å². The van der Waals surface area contributed by atoms with Crippen molar-refractivity contribution in [3.8, 4) is 0 Å². The Morgan fingerprint density at radius 1 is 0.895 bits per heavy atom. The van der Waals surface area contributed by atoms with Gasteiger partial charge in [-0.15, -0.1) is 0 Å². The molecule has 0 saturated carbocycles. The predicted molar refractivity (Wildman–Crippen MR) is 153 cm³/mol. The molecule has 6 N–H and O–H groups in total. The van der Waals surface area contributed by atoms with Crippen LogP contribution < -0.4 is 16.8 Å². The lowest BCUT2D eigenvalue weighted by molar-refractivity contribution is 0.0751. The molecule has 0 heterocycles. The summed E-state index contributed by atoms with van der Waals surface area (Å²) in [6.45, 7) is 6.00. The Labute approximate surface area is 225 Å². The Morgan fingerprint density at radius 3 is 2.16 bits per heavy atom. The number of nitrogens with two attached hydrogens (primary N) is 2. The van der Waals surface area contributed by atoms with Gasteiger partial charge in [0, 0.05) is 48.9 Å². The molecule has 0 aliphatic carbocycles.